The van der Waals surface area contributed by atoms with Crippen molar-refractivity contribution in [2.24, 2.45) is 0 Å². The zero-order chi connectivity index (χ0) is 12.4. The molecule has 0 atom stereocenters. The van der Waals surface area contributed by atoms with E-state index in [1.54, 1.807) is 0 Å². The van der Waals surface area contributed by atoms with Crippen molar-refractivity contribution in [2.45, 2.75) is 18.8 Å². The van der Waals surface area contributed by atoms with Crippen molar-refractivity contribution in [1.82, 2.24) is 5.32 Å². The molecule has 5 heteroatoms. The Kier molecular flexibility index (Phi) is 3.47. The van der Waals surface area contributed by atoms with Gasteiger partial charge in [0, 0.05) is 11.6 Å². The summed E-state index contributed by atoms with van der Waals surface area (Å²) in [6.07, 6.45) is 1.36. The van der Waals surface area contributed by atoms with Gasteiger partial charge in [0.25, 0.3) is 0 Å². The molecule has 1 aromatic carbocycles. The van der Waals surface area contributed by atoms with Crippen LogP contribution in [0.1, 0.15) is 24.3 Å². The summed E-state index contributed by atoms with van der Waals surface area (Å²) in [6.45, 7) is 1.48. The summed E-state index contributed by atoms with van der Waals surface area (Å²) < 4.78 is 32.0. The largest absolute Gasteiger partial charge is 0.504 e. The van der Waals surface area contributed by atoms with Crippen molar-refractivity contribution >= 4 is 0 Å². The predicted octanol–water partition coefficient (Wildman–Crippen LogP) is 2.15. The van der Waals surface area contributed by atoms with Gasteiger partial charge in [-0.25, -0.2) is 8.78 Å². The SMILES string of the molecule is COc1cc(F)c(F)c(C2CCNCC2)c1O. The lowest BCUT2D eigenvalue weighted by molar-refractivity contribution is 0.347. The molecule has 0 bridgehead atoms. The van der Waals surface area contributed by atoms with Gasteiger partial charge in [-0.15, -0.1) is 0 Å². The molecule has 1 saturated heterocycles. The van der Waals surface area contributed by atoms with Gasteiger partial charge < -0.3 is 15.2 Å². The summed E-state index contributed by atoms with van der Waals surface area (Å²) in [5, 5.41) is 13.0. The summed E-state index contributed by atoms with van der Waals surface area (Å²) >= 11 is 0. The van der Waals surface area contributed by atoms with Gasteiger partial charge in [-0.05, 0) is 31.8 Å². The maximum absolute atomic E-state index is 13.8. The highest BCUT2D eigenvalue weighted by molar-refractivity contribution is 5.48. The maximum atomic E-state index is 13.8. The fourth-order valence-corrected chi connectivity index (χ4v) is 2.25. The number of benzene rings is 1. The first-order valence-corrected chi connectivity index (χ1v) is 5.60. The van der Waals surface area contributed by atoms with Crippen molar-refractivity contribution in [3.05, 3.63) is 23.3 Å². The van der Waals surface area contributed by atoms with E-state index in [0.717, 1.165) is 19.2 Å². The molecule has 0 spiro atoms. The van der Waals surface area contributed by atoms with Gasteiger partial charge in [-0.2, -0.15) is 0 Å². The molecular weight excluding hydrogens is 228 g/mol. The molecule has 0 saturated carbocycles. The zero-order valence-corrected chi connectivity index (χ0v) is 9.59. The lowest BCUT2D eigenvalue weighted by Gasteiger charge is -2.24. The number of piperidine rings is 1. The molecule has 0 amide bonds. The average Bonchev–Trinajstić information content (AvgIpc) is 2.35. The highest BCUT2D eigenvalue weighted by atomic mass is 19.2. The van der Waals surface area contributed by atoms with Crippen molar-refractivity contribution in [3.8, 4) is 11.5 Å². The number of ether oxygens (including phenoxy) is 1. The van der Waals surface area contributed by atoms with Gasteiger partial charge in [0.2, 0.25) is 0 Å². The van der Waals surface area contributed by atoms with E-state index >= 15 is 0 Å². The van der Waals surface area contributed by atoms with Crippen LogP contribution in [0.5, 0.6) is 11.5 Å². The molecule has 17 heavy (non-hydrogen) atoms. The van der Waals surface area contributed by atoms with Gasteiger partial charge in [0.05, 0.1) is 7.11 Å². The van der Waals surface area contributed by atoms with Gasteiger partial charge in [0.1, 0.15) is 0 Å². The van der Waals surface area contributed by atoms with Crippen LogP contribution in [0.3, 0.4) is 0 Å². The Bertz CT molecular complexity index is 417. The monoisotopic (exact) mass is 243 g/mol. The first kappa shape index (κ1) is 12.1. The maximum Gasteiger partial charge on any atom is 0.166 e. The number of phenols is 1. The Hall–Kier alpha value is -1.36. The van der Waals surface area contributed by atoms with Crippen LogP contribution in [0.2, 0.25) is 0 Å². The smallest absolute Gasteiger partial charge is 0.166 e. The lowest BCUT2D eigenvalue weighted by Crippen LogP contribution is -2.27. The number of hydrogen-bond donors (Lipinski definition) is 2. The van der Waals surface area contributed by atoms with Crippen LogP contribution in [-0.4, -0.2) is 25.3 Å². The standard InChI is InChI=1S/C12H15F2NO2/c1-17-9-6-8(13)11(14)10(12(9)16)7-2-4-15-5-3-7/h6-7,15-16H,2-5H2,1H3. The molecule has 0 radical (unpaired) electrons. The van der Waals surface area contributed by atoms with Crippen LogP contribution in [0, 0.1) is 11.6 Å². The minimum Gasteiger partial charge on any atom is -0.504 e. The van der Waals surface area contributed by atoms with Crippen LogP contribution in [0.15, 0.2) is 6.07 Å². The molecule has 1 aromatic rings. The summed E-state index contributed by atoms with van der Waals surface area (Å²) in [5.74, 6) is -2.40. The second kappa shape index (κ2) is 4.87. The van der Waals surface area contributed by atoms with Crippen molar-refractivity contribution in [1.29, 1.82) is 0 Å². The second-order valence-corrected chi connectivity index (χ2v) is 4.16. The minimum absolute atomic E-state index is 0.0163. The Morgan fingerprint density at radius 2 is 2.00 bits per heavy atom. The van der Waals surface area contributed by atoms with Crippen molar-refractivity contribution < 1.29 is 18.6 Å². The quantitative estimate of drug-likeness (QED) is 0.836. The minimum atomic E-state index is -0.979. The van der Waals surface area contributed by atoms with Crippen LogP contribution in [0.25, 0.3) is 0 Å². The molecule has 1 aliphatic rings. The molecule has 94 valence electrons. The number of phenolic OH excluding ortho intramolecular Hbond substituents is 1. The highest BCUT2D eigenvalue weighted by Crippen LogP contribution is 2.40. The first-order chi connectivity index (χ1) is 8.15. The molecule has 0 aliphatic carbocycles. The third-order valence-corrected chi connectivity index (χ3v) is 3.16. The normalized spacial score (nSPS) is 17.1. The van der Waals surface area contributed by atoms with Crippen LogP contribution >= 0.6 is 0 Å². The molecule has 2 N–H and O–H groups in total. The lowest BCUT2D eigenvalue weighted by atomic mass is 9.89. The van der Waals surface area contributed by atoms with E-state index in [1.165, 1.54) is 7.11 Å². The van der Waals surface area contributed by atoms with Gasteiger partial charge in [-0.1, -0.05) is 0 Å². The van der Waals surface area contributed by atoms with Gasteiger partial charge in [0.15, 0.2) is 23.1 Å². The summed E-state index contributed by atoms with van der Waals surface area (Å²) in [6, 6.07) is 0.870. The number of methoxy groups -OCH3 is 1. The second-order valence-electron chi connectivity index (χ2n) is 4.16. The third-order valence-electron chi connectivity index (χ3n) is 3.16. The molecule has 1 fully saturated rings. The number of nitrogens with one attached hydrogen (secondary N) is 1. The Balaban J connectivity index is 2.46. The summed E-state index contributed by atoms with van der Waals surface area (Å²) in [5.41, 5.74) is 0.0448. The molecular formula is C12H15F2NO2. The first-order valence-electron chi connectivity index (χ1n) is 5.60. The van der Waals surface area contributed by atoms with Crippen LogP contribution in [-0.2, 0) is 0 Å². The van der Waals surface area contributed by atoms with Gasteiger partial charge >= 0.3 is 0 Å². The van der Waals surface area contributed by atoms with E-state index in [0.29, 0.717) is 12.8 Å². The Labute approximate surface area is 98.4 Å². The molecule has 0 aromatic heterocycles. The molecule has 1 heterocycles. The molecule has 2 rings (SSSR count). The zero-order valence-electron chi connectivity index (χ0n) is 9.59. The van der Waals surface area contributed by atoms with E-state index in [-0.39, 0.29) is 23.0 Å². The van der Waals surface area contributed by atoms with E-state index in [9.17, 15) is 13.9 Å². The summed E-state index contributed by atoms with van der Waals surface area (Å²) in [4.78, 5) is 0. The number of hydrogen-bond acceptors (Lipinski definition) is 3. The molecule has 3 nitrogen and oxygen atoms in total. The number of aromatic hydroxyl groups is 1. The van der Waals surface area contributed by atoms with Gasteiger partial charge in [-0.3, -0.25) is 0 Å². The van der Waals surface area contributed by atoms with Crippen LogP contribution in [0.4, 0.5) is 8.78 Å². The topological polar surface area (TPSA) is 41.5 Å². The Morgan fingerprint density at radius 3 is 2.59 bits per heavy atom. The highest BCUT2D eigenvalue weighted by Gasteiger charge is 2.26. The average molecular weight is 243 g/mol. The van der Waals surface area contributed by atoms with E-state index in [4.69, 9.17) is 4.74 Å². The Morgan fingerprint density at radius 1 is 1.35 bits per heavy atom. The number of rotatable bonds is 2. The van der Waals surface area contributed by atoms with Crippen LogP contribution < -0.4 is 10.1 Å². The molecule has 1 aliphatic heterocycles. The molecule has 0 unspecified atom stereocenters. The van der Waals surface area contributed by atoms with E-state index < -0.39 is 11.6 Å². The fourth-order valence-electron chi connectivity index (χ4n) is 2.25. The fraction of sp³-hybridized carbons (Fsp3) is 0.500. The summed E-state index contributed by atoms with van der Waals surface area (Å²) in [7, 11) is 1.32. The third kappa shape index (κ3) is 2.20. The van der Waals surface area contributed by atoms with Crippen molar-refractivity contribution in [2.75, 3.05) is 20.2 Å². The van der Waals surface area contributed by atoms with E-state index in [2.05, 4.69) is 5.32 Å². The van der Waals surface area contributed by atoms with E-state index in [1.807, 2.05) is 0 Å². The number of halogens is 2. The van der Waals surface area contributed by atoms with Crippen molar-refractivity contribution in [3.63, 3.8) is 0 Å². The predicted molar refractivity (Wildman–Crippen MR) is 59.4 cm³/mol.